The summed E-state index contributed by atoms with van der Waals surface area (Å²) in [6.07, 6.45) is 0. The Kier molecular flexibility index (Phi) is 7.66. The van der Waals surface area contributed by atoms with Crippen molar-refractivity contribution in [2.75, 3.05) is 26.2 Å². The van der Waals surface area contributed by atoms with Crippen LogP contribution in [0.1, 0.15) is 49.1 Å². The van der Waals surface area contributed by atoms with Crippen molar-refractivity contribution in [2.24, 2.45) is 0 Å². The Morgan fingerprint density at radius 2 is 1.54 bits per heavy atom. The van der Waals surface area contributed by atoms with Gasteiger partial charge in [-0.2, -0.15) is 0 Å². The van der Waals surface area contributed by atoms with E-state index in [-0.39, 0.29) is 16.7 Å². The highest BCUT2D eigenvalue weighted by Gasteiger charge is 2.48. The molecule has 1 saturated heterocycles. The molecule has 0 saturated carbocycles. The smallest absolute Gasteiger partial charge is 0.300 e. The summed E-state index contributed by atoms with van der Waals surface area (Å²) in [6, 6.07) is 14.7. The van der Waals surface area contributed by atoms with Crippen molar-refractivity contribution >= 4 is 34.7 Å². The predicted molar refractivity (Wildman–Crippen MR) is 152 cm³/mol. The van der Waals surface area contributed by atoms with E-state index in [1.807, 2.05) is 26.8 Å². The van der Waals surface area contributed by atoms with E-state index < -0.39 is 17.7 Å². The van der Waals surface area contributed by atoms with Crippen molar-refractivity contribution < 1.29 is 28.9 Å². The maximum absolute atomic E-state index is 13.7. The summed E-state index contributed by atoms with van der Waals surface area (Å²) in [5.74, 6) is -0.676. The predicted octanol–water partition coefficient (Wildman–Crippen LogP) is 6.60. The number of benzene rings is 3. The van der Waals surface area contributed by atoms with Crippen molar-refractivity contribution in [1.29, 1.82) is 0 Å². The first kappa shape index (κ1) is 28.0. The number of methoxy groups -OCH3 is 3. The minimum absolute atomic E-state index is 0.0732. The molecule has 1 unspecified atom stereocenters. The average molecular weight is 550 g/mol. The fraction of sp³-hybridized carbons (Fsp3) is 0.290. The number of hydrogen-bond donors (Lipinski definition) is 1. The molecule has 1 atom stereocenters. The second-order valence-corrected chi connectivity index (χ2v) is 10.7. The largest absolute Gasteiger partial charge is 0.507 e. The van der Waals surface area contributed by atoms with Crippen LogP contribution in [-0.4, -0.2) is 38.1 Å². The molecule has 4 rings (SSSR count). The molecule has 3 aromatic rings. The number of carbonyl (C=O) groups excluding carboxylic acids is 2. The van der Waals surface area contributed by atoms with Crippen LogP contribution in [0.2, 0.25) is 5.02 Å². The van der Waals surface area contributed by atoms with Gasteiger partial charge in [0.2, 0.25) is 0 Å². The molecule has 3 aromatic carbocycles. The van der Waals surface area contributed by atoms with Crippen molar-refractivity contribution in [3.05, 3.63) is 87.4 Å². The Balaban J connectivity index is 2.06. The molecule has 0 radical (unpaired) electrons. The number of Topliss-reactive ketones (excluding diaryl/α,β-unsaturated/α-hetero) is 1. The summed E-state index contributed by atoms with van der Waals surface area (Å²) in [6.45, 7) is 7.91. The first-order valence-corrected chi connectivity index (χ1v) is 12.8. The van der Waals surface area contributed by atoms with Crippen molar-refractivity contribution in [3.63, 3.8) is 0 Å². The van der Waals surface area contributed by atoms with Crippen LogP contribution >= 0.6 is 11.6 Å². The first-order valence-electron chi connectivity index (χ1n) is 12.4. The van der Waals surface area contributed by atoms with E-state index in [2.05, 4.69) is 0 Å². The van der Waals surface area contributed by atoms with Gasteiger partial charge < -0.3 is 19.3 Å². The Bertz CT molecular complexity index is 1490. The Hall–Kier alpha value is -3.97. The Morgan fingerprint density at radius 1 is 0.897 bits per heavy atom. The second kappa shape index (κ2) is 10.7. The lowest BCUT2D eigenvalue weighted by atomic mass is 9.85. The first-order chi connectivity index (χ1) is 18.4. The van der Waals surface area contributed by atoms with Gasteiger partial charge in [-0.1, -0.05) is 50.6 Å². The zero-order valence-corrected chi connectivity index (χ0v) is 23.8. The van der Waals surface area contributed by atoms with Gasteiger partial charge in [0, 0.05) is 10.7 Å². The van der Waals surface area contributed by atoms with Gasteiger partial charge in [0.15, 0.2) is 11.5 Å². The molecule has 1 amide bonds. The molecule has 0 aliphatic carbocycles. The number of aliphatic hydroxyl groups is 1. The van der Waals surface area contributed by atoms with Crippen LogP contribution in [0.25, 0.3) is 5.76 Å². The molecule has 0 bridgehead atoms. The van der Waals surface area contributed by atoms with Crippen LogP contribution in [0.3, 0.4) is 0 Å². The summed E-state index contributed by atoms with van der Waals surface area (Å²) in [7, 11) is 4.51. The Morgan fingerprint density at radius 3 is 2.15 bits per heavy atom. The van der Waals surface area contributed by atoms with Gasteiger partial charge in [0.1, 0.15) is 11.5 Å². The molecule has 39 heavy (non-hydrogen) atoms. The number of nitrogens with zero attached hydrogens (tertiary/aromatic N) is 1. The lowest BCUT2D eigenvalue weighted by Crippen LogP contribution is -2.30. The van der Waals surface area contributed by atoms with E-state index in [4.69, 9.17) is 25.8 Å². The van der Waals surface area contributed by atoms with Crippen molar-refractivity contribution in [1.82, 2.24) is 0 Å². The maximum Gasteiger partial charge on any atom is 0.300 e. The molecule has 1 heterocycles. The summed E-state index contributed by atoms with van der Waals surface area (Å²) in [5.41, 5.74) is 2.55. The lowest BCUT2D eigenvalue weighted by Gasteiger charge is -2.28. The van der Waals surface area contributed by atoms with Gasteiger partial charge >= 0.3 is 0 Å². The van der Waals surface area contributed by atoms with E-state index in [1.54, 1.807) is 55.5 Å². The van der Waals surface area contributed by atoms with Gasteiger partial charge in [-0.3, -0.25) is 14.5 Å². The van der Waals surface area contributed by atoms with E-state index in [9.17, 15) is 14.7 Å². The zero-order valence-electron chi connectivity index (χ0n) is 23.1. The molecule has 1 N–H and O–H groups in total. The van der Waals surface area contributed by atoms with E-state index in [1.165, 1.54) is 26.2 Å². The van der Waals surface area contributed by atoms with Gasteiger partial charge in [0.25, 0.3) is 11.7 Å². The van der Waals surface area contributed by atoms with Crippen LogP contribution < -0.4 is 19.1 Å². The molecular formula is C31H32ClNO6. The Labute approximate surface area is 233 Å². The van der Waals surface area contributed by atoms with Crippen LogP contribution in [0.15, 0.2) is 60.2 Å². The summed E-state index contributed by atoms with van der Waals surface area (Å²) >= 11 is 6.41. The van der Waals surface area contributed by atoms with Gasteiger partial charge in [0.05, 0.1) is 38.5 Å². The molecule has 8 heteroatoms. The van der Waals surface area contributed by atoms with Crippen molar-refractivity contribution in [3.8, 4) is 17.2 Å². The van der Waals surface area contributed by atoms with Crippen LogP contribution in [0.4, 0.5) is 5.69 Å². The normalized spacial score (nSPS) is 16.9. The topological polar surface area (TPSA) is 85.3 Å². The monoisotopic (exact) mass is 549 g/mol. The fourth-order valence-corrected chi connectivity index (χ4v) is 4.95. The van der Waals surface area contributed by atoms with Crippen LogP contribution in [-0.2, 0) is 15.0 Å². The third-order valence-electron chi connectivity index (χ3n) is 6.99. The highest BCUT2D eigenvalue weighted by atomic mass is 35.5. The van der Waals surface area contributed by atoms with Crippen molar-refractivity contribution in [2.45, 2.75) is 39.2 Å². The number of ether oxygens (including phenoxy) is 3. The fourth-order valence-electron chi connectivity index (χ4n) is 4.78. The average Bonchev–Trinajstić information content (AvgIpc) is 3.18. The third-order valence-corrected chi connectivity index (χ3v) is 7.40. The molecule has 7 nitrogen and oxygen atoms in total. The molecule has 0 aromatic heterocycles. The van der Waals surface area contributed by atoms with Crippen LogP contribution in [0, 0.1) is 6.92 Å². The third kappa shape index (κ3) is 4.94. The number of hydrogen-bond acceptors (Lipinski definition) is 6. The number of rotatable bonds is 6. The summed E-state index contributed by atoms with van der Waals surface area (Å²) in [4.78, 5) is 28.7. The van der Waals surface area contributed by atoms with Gasteiger partial charge in [-0.25, -0.2) is 0 Å². The second-order valence-electron chi connectivity index (χ2n) is 10.3. The minimum Gasteiger partial charge on any atom is -0.507 e. The maximum atomic E-state index is 13.7. The number of amides is 1. The molecule has 1 fully saturated rings. The number of anilines is 1. The molecule has 204 valence electrons. The highest BCUT2D eigenvalue weighted by molar-refractivity contribution is 6.52. The minimum atomic E-state index is -0.982. The van der Waals surface area contributed by atoms with E-state index in [0.717, 1.165) is 5.56 Å². The molecule has 1 aliphatic heterocycles. The number of ketones is 1. The quantitative estimate of drug-likeness (QED) is 0.212. The number of aliphatic hydroxyl groups excluding tert-OH is 1. The lowest BCUT2D eigenvalue weighted by molar-refractivity contribution is -0.132. The highest BCUT2D eigenvalue weighted by Crippen LogP contribution is 2.46. The number of halogens is 1. The van der Waals surface area contributed by atoms with E-state index >= 15 is 0 Å². The zero-order chi connectivity index (χ0) is 28.6. The molecular weight excluding hydrogens is 518 g/mol. The van der Waals surface area contributed by atoms with Gasteiger partial charge in [-0.05, 0) is 65.4 Å². The van der Waals surface area contributed by atoms with E-state index in [0.29, 0.717) is 44.6 Å². The molecule has 1 aliphatic rings. The van der Waals surface area contributed by atoms with Crippen LogP contribution in [0.5, 0.6) is 17.2 Å². The summed E-state index contributed by atoms with van der Waals surface area (Å²) < 4.78 is 16.5. The summed E-state index contributed by atoms with van der Waals surface area (Å²) in [5, 5.41) is 12.2. The SMILES string of the molecule is COc1ccc(C2/C(=C(\O)c3cc(C(C)(C)C)ccc3OC)C(=O)C(=O)N2c2cccc(Cl)c2C)cc1OC. The van der Waals surface area contributed by atoms with Gasteiger partial charge in [-0.15, -0.1) is 0 Å². The standard InChI is InChI=1S/C31H32ClNO6/c1-17-21(32)9-8-10-22(17)33-27(18-11-13-24(38-6)25(15-18)39-7)26(29(35)30(33)36)28(34)20-16-19(31(2,3)4)12-14-23(20)37-5/h8-16,27,34H,1-7H3/b28-26+. The number of carbonyl (C=O) groups is 2. The molecule has 0 spiro atoms.